The Hall–Kier alpha value is -4.31. The van der Waals surface area contributed by atoms with Crippen LogP contribution >= 0.6 is 0 Å². The number of rotatable bonds is 8. The fourth-order valence-electron chi connectivity index (χ4n) is 2.70. The number of amides is 1. The average Bonchev–Trinajstić information content (AvgIpc) is 3.31. The zero-order valence-electron chi connectivity index (χ0n) is 16.8. The third kappa shape index (κ3) is 5.84. The lowest BCUT2D eigenvalue weighted by Crippen LogP contribution is -2.23. The van der Waals surface area contributed by atoms with Crippen molar-refractivity contribution < 1.29 is 23.5 Å². The first-order valence-corrected chi connectivity index (χ1v) is 9.57. The summed E-state index contributed by atoms with van der Waals surface area (Å²) in [5.41, 5.74) is 0.884. The molecule has 0 saturated heterocycles. The Kier molecular flexibility index (Phi) is 7.22. The summed E-state index contributed by atoms with van der Waals surface area (Å²) in [6, 6.07) is 18.6. The number of ether oxygens (including phenoxy) is 2. The van der Waals surface area contributed by atoms with Crippen molar-refractivity contribution >= 4 is 18.0 Å². The fraction of sp³-hybridized carbons (Fsp3) is 0.125. The molecule has 31 heavy (non-hydrogen) atoms. The van der Waals surface area contributed by atoms with Crippen LogP contribution in [-0.4, -0.2) is 18.5 Å². The van der Waals surface area contributed by atoms with Crippen molar-refractivity contribution in [3.8, 4) is 17.6 Å². The number of esters is 1. The Balaban J connectivity index is 1.65. The Labute approximate surface area is 179 Å². The molecule has 1 amide bonds. The molecule has 0 spiro atoms. The van der Waals surface area contributed by atoms with Crippen LogP contribution in [-0.2, 0) is 11.3 Å². The highest BCUT2D eigenvalue weighted by molar-refractivity contribution is 6.01. The van der Waals surface area contributed by atoms with Crippen LogP contribution in [0.25, 0.3) is 6.08 Å². The van der Waals surface area contributed by atoms with Crippen molar-refractivity contribution in [2.24, 2.45) is 0 Å². The van der Waals surface area contributed by atoms with Crippen molar-refractivity contribution in [3.63, 3.8) is 0 Å². The number of para-hydroxylation sites is 1. The normalized spacial score (nSPS) is 10.8. The lowest BCUT2D eigenvalue weighted by molar-refractivity contribution is -0.117. The first-order valence-electron chi connectivity index (χ1n) is 9.57. The first-order chi connectivity index (χ1) is 15.1. The van der Waals surface area contributed by atoms with E-state index in [0.717, 1.165) is 0 Å². The van der Waals surface area contributed by atoms with E-state index in [1.54, 1.807) is 60.7 Å². The van der Waals surface area contributed by atoms with Crippen LogP contribution in [0, 0.1) is 11.3 Å². The molecule has 0 radical (unpaired) electrons. The lowest BCUT2D eigenvalue weighted by Gasteiger charge is -2.09. The summed E-state index contributed by atoms with van der Waals surface area (Å²) in [5.74, 6) is 0.315. The van der Waals surface area contributed by atoms with Crippen LogP contribution in [0.4, 0.5) is 0 Å². The van der Waals surface area contributed by atoms with Gasteiger partial charge in [-0.1, -0.05) is 24.3 Å². The van der Waals surface area contributed by atoms with E-state index in [4.69, 9.17) is 13.9 Å². The van der Waals surface area contributed by atoms with E-state index < -0.39 is 11.9 Å². The molecule has 1 N–H and O–H groups in total. The molecule has 2 aromatic carbocycles. The highest BCUT2D eigenvalue weighted by Crippen LogP contribution is 2.21. The average molecular weight is 416 g/mol. The van der Waals surface area contributed by atoms with Gasteiger partial charge in [0, 0.05) is 0 Å². The molecule has 0 unspecified atom stereocenters. The molecule has 0 aliphatic carbocycles. The number of nitriles is 1. The van der Waals surface area contributed by atoms with Gasteiger partial charge in [0.2, 0.25) is 0 Å². The SMILES string of the molecule is CCOc1ccccc1C(=O)Oc1ccc(C=C(C#N)C(=O)NCc2ccco2)cc1. The molecule has 0 aliphatic heterocycles. The summed E-state index contributed by atoms with van der Waals surface area (Å²) < 4.78 is 16.0. The molecule has 7 nitrogen and oxygen atoms in total. The fourth-order valence-corrected chi connectivity index (χ4v) is 2.70. The van der Waals surface area contributed by atoms with E-state index in [1.807, 2.05) is 13.0 Å². The molecule has 156 valence electrons. The Morgan fingerprint density at radius 3 is 2.55 bits per heavy atom. The Bertz CT molecular complexity index is 1110. The van der Waals surface area contributed by atoms with Crippen LogP contribution in [0.5, 0.6) is 11.5 Å². The number of hydrogen-bond donors (Lipinski definition) is 1. The lowest BCUT2D eigenvalue weighted by atomic mass is 10.1. The van der Waals surface area contributed by atoms with E-state index >= 15 is 0 Å². The van der Waals surface area contributed by atoms with Crippen LogP contribution in [0.15, 0.2) is 76.9 Å². The minimum Gasteiger partial charge on any atom is -0.493 e. The van der Waals surface area contributed by atoms with Crippen LogP contribution in [0.1, 0.15) is 28.6 Å². The van der Waals surface area contributed by atoms with E-state index in [0.29, 0.717) is 35.0 Å². The highest BCUT2D eigenvalue weighted by Gasteiger charge is 2.14. The predicted octanol–water partition coefficient (Wildman–Crippen LogP) is 4.12. The van der Waals surface area contributed by atoms with Gasteiger partial charge in [-0.2, -0.15) is 5.26 Å². The standard InChI is InChI=1S/C24H20N2O5/c1-2-29-22-8-4-3-7-21(22)24(28)31-19-11-9-17(10-12-19)14-18(15-25)23(27)26-16-20-6-5-13-30-20/h3-14H,2,16H2,1H3,(H,26,27). The van der Waals surface area contributed by atoms with Crippen LogP contribution in [0.2, 0.25) is 0 Å². The Morgan fingerprint density at radius 2 is 1.87 bits per heavy atom. The van der Waals surface area contributed by atoms with Gasteiger partial charge in [0.05, 0.1) is 19.4 Å². The highest BCUT2D eigenvalue weighted by atomic mass is 16.5. The largest absolute Gasteiger partial charge is 0.493 e. The first kappa shape index (κ1) is 21.4. The van der Waals surface area contributed by atoms with Crippen molar-refractivity contribution in [2.75, 3.05) is 6.61 Å². The maximum Gasteiger partial charge on any atom is 0.347 e. The van der Waals surface area contributed by atoms with Gasteiger partial charge in [0.25, 0.3) is 5.91 Å². The summed E-state index contributed by atoms with van der Waals surface area (Å²) in [5, 5.41) is 11.9. The monoisotopic (exact) mass is 416 g/mol. The molecule has 0 aliphatic rings. The van der Waals surface area contributed by atoms with E-state index in [1.165, 1.54) is 12.3 Å². The maximum absolute atomic E-state index is 12.5. The second kappa shape index (κ2) is 10.5. The number of carbonyl (C=O) groups is 2. The summed E-state index contributed by atoms with van der Waals surface area (Å²) in [7, 11) is 0. The minimum atomic E-state index is -0.539. The van der Waals surface area contributed by atoms with E-state index in [-0.39, 0.29) is 12.1 Å². The van der Waals surface area contributed by atoms with Gasteiger partial charge >= 0.3 is 5.97 Å². The second-order valence-electron chi connectivity index (χ2n) is 6.32. The number of furan rings is 1. The molecule has 3 aromatic rings. The smallest absolute Gasteiger partial charge is 0.347 e. The van der Waals surface area contributed by atoms with Gasteiger partial charge in [-0.05, 0) is 55.0 Å². The molecule has 0 atom stereocenters. The van der Waals surface area contributed by atoms with Crippen molar-refractivity contribution in [3.05, 3.63) is 89.4 Å². The van der Waals surface area contributed by atoms with Crippen molar-refractivity contribution in [1.82, 2.24) is 5.32 Å². The summed E-state index contributed by atoms with van der Waals surface area (Å²) >= 11 is 0. The number of carbonyl (C=O) groups excluding carboxylic acids is 2. The molecule has 7 heteroatoms. The van der Waals surface area contributed by atoms with Gasteiger partial charge in [0.1, 0.15) is 34.5 Å². The minimum absolute atomic E-state index is 0.0538. The van der Waals surface area contributed by atoms with Gasteiger partial charge in [-0.3, -0.25) is 4.79 Å². The van der Waals surface area contributed by atoms with Crippen molar-refractivity contribution in [1.29, 1.82) is 5.26 Å². The molecule has 1 heterocycles. The number of benzene rings is 2. The summed E-state index contributed by atoms with van der Waals surface area (Å²) in [6.07, 6.45) is 2.96. The van der Waals surface area contributed by atoms with E-state index in [9.17, 15) is 14.9 Å². The molecule has 0 fully saturated rings. The Morgan fingerprint density at radius 1 is 1.10 bits per heavy atom. The van der Waals surface area contributed by atoms with Crippen LogP contribution in [0.3, 0.4) is 0 Å². The zero-order chi connectivity index (χ0) is 22.1. The molecular formula is C24H20N2O5. The number of nitrogens with one attached hydrogen (secondary N) is 1. The predicted molar refractivity (Wildman–Crippen MR) is 113 cm³/mol. The van der Waals surface area contributed by atoms with Gasteiger partial charge in [-0.15, -0.1) is 0 Å². The summed E-state index contributed by atoms with van der Waals surface area (Å²) in [4.78, 5) is 24.7. The second-order valence-corrected chi connectivity index (χ2v) is 6.32. The van der Waals surface area contributed by atoms with Gasteiger partial charge < -0.3 is 19.2 Å². The summed E-state index contributed by atoms with van der Waals surface area (Å²) in [6.45, 7) is 2.45. The molecule has 0 saturated carbocycles. The van der Waals surface area contributed by atoms with E-state index in [2.05, 4.69) is 5.32 Å². The number of nitrogens with zero attached hydrogens (tertiary/aromatic N) is 1. The molecule has 3 rings (SSSR count). The van der Waals surface area contributed by atoms with Crippen LogP contribution < -0.4 is 14.8 Å². The molecule has 0 bridgehead atoms. The van der Waals surface area contributed by atoms with Gasteiger partial charge in [0.15, 0.2) is 0 Å². The topological polar surface area (TPSA) is 102 Å². The third-order valence-corrected chi connectivity index (χ3v) is 4.18. The van der Waals surface area contributed by atoms with Crippen molar-refractivity contribution in [2.45, 2.75) is 13.5 Å². The quantitative estimate of drug-likeness (QED) is 0.257. The maximum atomic E-state index is 12.5. The molecule has 1 aromatic heterocycles. The number of hydrogen-bond acceptors (Lipinski definition) is 6. The van der Waals surface area contributed by atoms with Gasteiger partial charge in [-0.25, -0.2) is 4.79 Å². The third-order valence-electron chi connectivity index (χ3n) is 4.18. The molecular weight excluding hydrogens is 396 g/mol. The zero-order valence-corrected chi connectivity index (χ0v) is 16.8.